The molecule has 2 atom stereocenters. The van der Waals surface area contributed by atoms with Crippen LogP contribution in [0.15, 0.2) is 22.7 Å². The molecule has 1 aromatic rings. The fraction of sp³-hybridized carbons (Fsp3) is 0.562. The van der Waals surface area contributed by atoms with Gasteiger partial charge in [0.25, 0.3) is 5.91 Å². The average Bonchev–Trinajstić information content (AvgIpc) is 2.85. The number of halogens is 3. The van der Waals surface area contributed by atoms with Gasteiger partial charge in [0.1, 0.15) is 11.6 Å². The Morgan fingerprint density at radius 3 is 2.57 bits per heavy atom. The smallest absolute Gasteiger partial charge is 0.260 e. The van der Waals surface area contributed by atoms with Crippen molar-refractivity contribution < 1.29 is 13.9 Å². The first-order valence-corrected chi connectivity index (χ1v) is 8.49. The van der Waals surface area contributed by atoms with Crippen molar-refractivity contribution in [2.45, 2.75) is 12.8 Å². The highest BCUT2D eigenvalue weighted by atomic mass is 79.9. The van der Waals surface area contributed by atoms with E-state index in [-0.39, 0.29) is 30.7 Å². The molecule has 7 heteroatoms. The Labute approximate surface area is 150 Å². The highest BCUT2D eigenvalue weighted by Gasteiger charge is 2.31. The largest absolute Gasteiger partial charge is 0.483 e. The van der Waals surface area contributed by atoms with Crippen LogP contribution < -0.4 is 10.1 Å². The van der Waals surface area contributed by atoms with Crippen LogP contribution in [0.25, 0.3) is 0 Å². The van der Waals surface area contributed by atoms with Crippen molar-refractivity contribution in [3.63, 3.8) is 0 Å². The van der Waals surface area contributed by atoms with Crippen molar-refractivity contribution in [2.75, 3.05) is 32.8 Å². The quantitative estimate of drug-likeness (QED) is 0.838. The second-order valence-electron chi connectivity index (χ2n) is 6.00. The van der Waals surface area contributed by atoms with E-state index in [0.29, 0.717) is 22.1 Å². The number of benzene rings is 1. The minimum absolute atomic E-state index is 0. The number of hydrogen-bond donors (Lipinski definition) is 1. The Morgan fingerprint density at radius 2 is 1.96 bits per heavy atom. The summed E-state index contributed by atoms with van der Waals surface area (Å²) in [5.41, 5.74) is 0. The van der Waals surface area contributed by atoms with Crippen LogP contribution in [0.3, 0.4) is 0 Å². The summed E-state index contributed by atoms with van der Waals surface area (Å²) in [5.74, 6) is 1.56. The fourth-order valence-corrected chi connectivity index (χ4v) is 3.76. The molecule has 0 aromatic heterocycles. The van der Waals surface area contributed by atoms with Crippen molar-refractivity contribution in [1.82, 2.24) is 10.2 Å². The topological polar surface area (TPSA) is 41.6 Å². The van der Waals surface area contributed by atoms with Gasteiger partial charge in [-0.1, -0.05) is 0 Å². The van der Waals surface area contributed by atoms with Crippen molar-refractivity contribution in [1.29, 1.82) is 0 Å². The van der Waals surface area contributed by atoms with Gasteiger partial charge in [-0.2, -0.15) is 0 Å². The van der Waals surface area contributed by atoms with Gasteiger partial charge in [0.2, 0.25) is 0 Å². The summed E-state index contributed by atoms with van der Waals surface area (Å²) in [6.45, 7) is 3.75. The molecule has 0 spiro atoms. The lowest BCUT2D eigenvalue weighted by atomic mass is 9.92. The molecule has 3 rings (SSSR count). The van der Waals surface area contributed by atoms with E-state index in [1.54, 1.807) is 0 Å². The van der Waals surface area contributed by atoms with E-state index in [2.05, 4.69) is 21.2 Å². The molecule has 2 aliphatic heterocycles. The van der Waals surface area contributed by atoms with E-state index in [9.17, 15) is 9.18 Å². The number of nitrogens with zero attached hydrogens (tertiary/aromatic N) is 1. The third-order valence-corrected chi connectivity index (χ3v) is 5.24. The molecule has 2 saturated heterocycles. The van der Waals surface area contributed by atoms with E-state index < -0.39 is 0 Å². The van der Waals surface area contributed by atoms with E-state index >= 15 is 0 Å². The third-order valence-electron chi connectivity index (χ3n) is 4.62. The number of ether oxygens (including phenoxy) is 1. The minimum atomic E-state index is -0.335. The van der Waals surface area contributed by atoms with Gasteiger partial charge < -0.3 is 15.0 Å². The van der Waals surface area contributed by atoms with Gasteiger partial charge in [0, 0.05) is 13.1 Å². The van der Waals surface area contributed by atoms with Gasteiger partial charge in [0.15, 0.2) is 6.61 Å². The van der Waals surface area contributed by atoms with Crippen molar-refractivity contribution in [3.05, 3.63) is 28.5 Å². The molecule has 4 nitrogen and oxygen atoms in total. The summed E-state index contributed by atoms with van der Waals surface area (Å²) >= 11 is 3.24. The molecule has 23 heavy (non-hydrogen) atoms. The van der Waals surface area contributed by atoms with Crippen LogP contribution in [0.4, 0.5) is 4.39 Å². The predicted octanol–water partition coefficient (Wildman–Crippen LogP) is 2.85. The number of hydrogen-bond acceptors (Lipinski definition) is 3. The lowest BCUT2D eigenvalue weighted by Crippen LogP contribution is -2.36. The molecule has 128 valence electrons. The first-order valence-electron chi connectivity index (χ1n) is 7.70. The Hall–Kier alpha value is -0.850. The van der Waals surface area contributed by atoms with Crippen LogP contribution in [-0.2, 0) is 4.79 Å². The number of likely N-dealkylation sites (tertiary alicyclic amines) is 1. The predicted molar refractivity (Wildman–Crippen MR) is 92.5 cm³/mol. The van der Waals surface area contributed by atoms with Crippen LogP contribution in [0.5, 0.6) is 5.75 Å². The normalized spacial score (nSPS) is 23.7. The number of fused-ring (bicyclic) bond motifs is 1. The highest BCUT2D eigenvalue weighted by molar-refractivity contribution is 9.10. The molecule has 0 bridgehead atoms. The second kappa shape index (κ2) is 8.31. The van der Waals surface area contributed by atoms with Crippen LogP contribution >= 0.6 is 28.3 Å². The number of nitrogens with one attached hydrogen (secondary N) is 1. The summed E-state index contributed by atoms with van der Waals surface area (Å²) in [6, 6.07) is 4.19. The minimum Gasteiger partial charge on any atom is -0.483 e. The molecular formula is C16H21BrClFN2O2. The summed E-state index contributed by atoms with van der Waals surface area (Å²) in [4.78, 5) is 14.2. The first-order chi connectivity index (χ1) is 10.6. The van der Waals surface area contributed by atoms with E-state index in [0.717, 1.165) is 39.0 Å². The molecule has 0 radical (unpaired) electrons. The summed E-state index contributed by atoms with van der Waals surface area (Å²) in [6.07, 6.45) is 2.12. The number of carbonyl (C=O) groups is 1. The van der Waals surface area contributed by atoms with Crippen LogP contribution in [0.1, 0.15) is 12.8 Å². The number of amides is 1. The van der Waals surface area contributed by atoms with Gasteiger partial charge in [0.05, 0.1) is 4.47 Å². The Bertz CT molecular complexity index is 547. The fourth-order valence-electron chi connectivity index (χ4n) is 3.29. The van der Waals surface area contributed by atoms with E-state index in [1.165, 1.54) is 18.2 Å². The summed E-state index contributed by atoms with van der Waals surface area (Å²) in [7, 11) is 0. The molecule has 1 aromatic carbocycles. The van der Waals surface area contributed by atoms with Crippen LogP contribution in [-0.4, -0.2) is 43.6 Å². The van der Waals surface area contributed by atoms with Crippen molar-refractivity contribution >= 4 is 34.2 Å². The molecule has 2 heterocycles. The Morgan fingerprint density at radius 1 is 1.30 bits per heavy atom. The highest BCUT2D eigenvalue weighted by Crippen LogP contribution is 2.28. The zero-order valence-corrected chi connectivity index (χ0v) is 15.2. The molecule has 1 amide bonds. The van der Waals surface area contributed by atoms with Crippen LogP contribution in [0.2, 0.25) is 0 Å². The molecule has 1 N–H and O–H groups in total. The standard InChI is InChI=1S/C16H20BrFN2O2.ClH/c17-14-7-13(18)1-2-15(14)22-10-16(21)20-5-3-11-8-19-9-12(11)4-6-20;/h1-2,7,11-12,19H,3-6,8-10H2;1H/t11-,12+;. The molecule has 2 aliphatic rings. The summed E-state index contributed by atoms with van der Waals surface area (Å²) < 4.78 is 19.1. The van der Waals surface area contributed by atoms with Crippen molar-refractivity contribution in [2.24, 2.45) is 11.8 Å². The molecule has 0 aliphatic carbocycles. The number of carbonyl (C=O) groups excluding carboxylic acids is 1. The van der Waals surface area contributed by atoms with Gasteiger partial charge >= 0.3 is 0 Å². The Balaban J connectivity index is 0.00000192. The van der Waals surface area contributed by atoms with E-state index in [4.69, 9.17) is 4.74 Å². The average molecular weight is 408 g/mol. The third kappa shape index (κ3) is 4.58. The van der Waals surface area contributed by atoms with Gasteiger partial charge in [-0.3, -0.25) is 4.79 Å². The molecule has 0 saturated carbocycles. The maximum atomic E-state index is 13.0. The second-order valence-corrected chi connectivity index (χ2v) is 6.85. The zero-order chi connectivity index (χ0) is 15.5. The SMILES string of the molecule is Cl.O=C(COc1ccc(F)cc1Br)N1CC[C@@H]2CNC[C@@H]2CC1. The zero-order valence-electron chi connectivity index (χ0n) is 12.8. The summed E-state index contributed by atoms with van der Waals surface area (Å²) in [5, 5.41) is 3.43. The van der Waals surface area contributed by atoms with Crippen LogP contribution in [0, 0.1) is 17.7 Å². The molecular weight excluding hydrogens is 387 g/mol. The first kappa shape index (κ1) is 18.5. The van der Waals surface area contributed by atoms with Crippen molar-refractivity contribution in [3.8, 4) is 5.75 Å². The molecule has 2 fully saturated rings. The van der Waals surface area contributed by atoms with Gasteiger partial charge in [-0.15, -0.1) is 12.4 Å². The molecule has 0 unspecified atom stereocenters. The Kier molecular flexibility index (Phi) is 6.68. The lowest BCUT2D eigenvalue weighted by molar-refractivity contribution is -0.133. The maximum Gasteiger partial charge on any atom is 0.260 e. The lowest BCUT2D eigenvalue weighted by Gasteiger charge is -2.21. The number of rotatable bonds is 3. The monoisotopic (exact) mass is 406 g/mol. The van der Waals surface area contributed by atoms with E-state index in [1.807, 2.05) is 4.90 Å². The maximum absolute atomic E-state index is 13.0. The van der Waals surface area contributed by atoms with Gasteiger partial charge in [-0.25, -0.2) is 4.39 Å². The van der Waals surface area contributed by atoms with Gasteiger partial charge in [-0.05, 0) is 71.9 Å².